The van der Waals surface area contributed by atoms with Crippen LogP contribution in [0.15, 0.2) is 70.1 Å². The summed E-state index contributed by atoms with van der Waals surface area (Å²) in [6.45, 7) is 9.98. The number of benzene rings is 2. The number of hydrogen-bond acceptors (Lipinski definition) is 7. The lowest BCUT2D eigenvalue weighted by atomic mass is 9.96. The van der Waals surface area contributed by atoms with Crippen LogP contribution in [0.4, 0.5) is 0 Å². The minimum Gasteiger partial charge on any atom is -0.494 e. The number of hydrogen-bond donors (Lipinski definition) is 0. The Morgan fingerprint density at radius 2 is 1.82 bits per heavy atom. The number of aromatic nitrogens is 1. The molecule has 0 radical (unpaired) electrons. The Morgan fingerprint density at radius 1 is 1.13 bits per heavy atom. The second kappa shape index (κ2) is 12.0. The van der Waals surface area contributed by atoms with Gasteiger partial charge in [0.15, 0.2) is 10.6 Å². The van der Waals surface area contributed by atoms with Gasteiger partial charge in [0.1, 0.15) is 12.4 Å². The Morgan fingerprint density at radius 3 is 2.42 bits per heavy atom. The predicted octanol–water partition coefficient (Wildman–Crippen LogP) is 5.07. The third-order valence-corrected chi connectivity index (χ3v) is 7.23. The molecular weight excluding hydrogens is 547 g/mol. The molecule has 0 spiro atoms. The molecule has 0 saturated heterocycles. The number of halogens is 2. The van der Waals surface area contributed by atoms with Crippen molar-refractivity contribution in [3.8, 4) is 11.5 Å². The maximum Gasteiger partial charge on any atom is 0.338 e. The van der Waals surface area contributed by atoms with E-state index < -0.39 is 12.0 Å². The zero-order chi connectivity index (χ0) is 27.4. The van der Waals surface area contributed by atoms with E-state index in [1.54, 1.807) is 38.1 Å². The van der Waals surface area contributed by atoms with E-state index in [9.17, 15) is 9.59 Å². The van der Waals surface area contributed by atoms with Crippen LogP contribution in [0.5, 0.6) is 11.5 Å². The summed E-state index contributed by atoms with van der Waals surface area (Å²) in [4.78, 5) is 31.9. The fourth-order valence-electron chi connectivity index (χ4n) is 4.11. The van der Waals surface area contributed by atoms with Gasteiger partial charge in [-0.1, -0.05) is 59.3 Å². The smallest absolute Gasteiger partial charge is 0.338 e. The summed E-state index contributed by atoms with van der Waals surface area (Å²) in [5, 5.41) is 0.622. The topological polar surface area (TPSA) is 79.1 Å². The quantitative estimate of drug-likeness (QED) is 0.264. The van der Waals surface area contributed by atoms with Crippen molar-refractivity contribution in [2.75, 3.05) is 19.8 Å². The molecule has 1 aromatic heterocycles. The highest BCUT2D eigenvalue weighted by Gasteiger charge is 2.33. The molecule has 10 heteroatoms. The number of thiazole rings is 1. The van der Waals surface area contributed by atoms with E-state index in [2.05, 4.69) is 11.6 Å². The van der Waals surface area contributed by atoms with Crippen LogP contribution in [0.1, 0.15) is 37.9 Å². The minimum absolute atomic E-state index is 0.198. The van der Waals surface area contributed by atoms with Gasteiger partial charge in [-0.3, -0.25) is 9.36 Å². The fraction of sp³-hybridized carbons (Fsp3) is 0.250. The first-order chi connectivity index (χ1) is 18.3. The Kier molecular flexibility index (Phi) is 8.76. The van der Waals surface area contributed by atoms with Crippen molar-refractivity contribution in [2.45, 2.75) is 26.8 Å². The van der Waals surface area contributed by atoms with Crippen LogP contribution < -0.4 is 24.4 Å². The third-order valence-electron chi connectivity index (χ3n) is 5.69. The van der Waals surface area contributed by atoms with Crippen molar-refractivity contribution in [1.29, 1.82) is 0 Å². The van der Waals surface area contributed by atoms with Crippen molar-refractivity contribution in [1.82, 2.24) is 4.57 Å². The van der Waals surface area contributed by atoms with Gasteiger partial charge in [-0.25, -0.2) is 9.79 Å². The lowest BCUT2D eigenvalue weighted by molar-refractivity contribution is -0.139. The number of allylic oxidation sites excluding steroid dienone is 1. The maximum absolute atomic E-state index is 13.8. The zero-order valence-electron chi connectivity index (χ0n) is 21.1. The van der Waals surface area contributed by atoms with E-state index in [0.717, 1.165) is 5.56 Å². The molecule has 1 aliphatic heterocycles. The highest BCUT2D eigenvalue weighted by Crippen LogP contribution is 2.35. The fourth-order valence-corrected chi connectivity index (χ4v) is 5.77. The molecule has 3 aromatic rings. The third kappa shape index (κ3) is 5.57. The second-order valence-corrected chi connectivity index (χ2v) is 10.0. The van der Waals surface area contributed by atoms with Crippen LogP contribution in [0.25, 0.3) is 6.08 Å². The van der Waals surface area contributed by atoms with Gasteiger partial charge < -0.3 is 14.2 Å². The number of carbonyl (C=O) groups is 1. The monoisotopic (exact) mass is 572 g/mol. The molecule has 1 atom stereocenters. The van der Waals surface area contributed by atoms with Gasteiger partial charge in [-0.15, -0.1) is 0 Å². The van der Waals surface area contributed by atoms with Gasteiger partial charge in [-0.2, -0.15) is 0 Å². The predicted molar refractivity (Wildman–Crippen MR) is 150 cm³/mol. The number of carbonyl (C=O) groups excluding carboxylic acids is 1. The lowest BCUT2D eigenvalue weighted by Crippen LogP contribution is -2.39. The molecule has 0 unspecified atom stereocenters. The van der Waals surface area contributed by atoms with Crippen LogP contribution in [-0.4, -0.2) is 30.4 Å². The number of ether oxygens (including phenoxy) is 3. The number of esters is 1. The summed E-state index contributed by atoms with van der Waals surface area (Å²) >= 11 is 14.0. The lowest BCUT2D eigenvalue weighted by Gasteiger charge is -2.24. The summed E-state index contributed by atoms with van der Waals surface area (Å²) < 4.78 is 18.4. The van der Waals surface area contributed by atoms with Crippen LogP contribution in [-0.2, 0) is 9.53 Å². The van der Waals surface area contributed by atoms with E-state index in [1.165, 1.54) is 15.9 Å². The van der Waals surface area contributed by atoms with Crippen LogP contribution >= 0.6 is 34.5 Å². The molecule has 0 N–H and O–H groups in total. The molecule has 7 nitrogen and oxygen atoms in total. The SMILES string of the molecule is C=CCOc1c(Cl)cc(/C=c2\sc3n(c2=O)[C@H](c2ccc(OCC)cc2)C(C(=O)OCC)=C(C)N=3)cc1Cl. The normalized spacial score (nSPS) is 15.1. The van der Waals surface area contributed by atoms with E-state index in [4.69, 9.17) is 37.4 Å². The number of rotatable bonds is 9. The Hall–Kier alpha value is -3.33. The molecule has 0 fully saturated rings. The van der Waals surface area contributed by atoms with Crippen molar-refractivity contribution in [3.63, 3.8) is 0 Å². The van der Waals surface area contributed by atoms with E-state index in [-0.39, 0.29) is 18.8 Å². The molecular formula is C28H26Cl2N2O5S. The summed E-state index contributed by atoms with van der Waals surface area (Å²) in [5.41, 5.74) is 1.85. The van der Waals surface area contributed by atoms with E-state index >= 15 is 0 Å². The molecule has 2 heterocycles. The van der Waals surface area contributed by atoms with E-state index in [1.807, 2.05) is 31.2 Å². The molecule has 198 valence electrons. The first-order valence-electron chi connectivity index (χ1n) is 11.9. The van der Waals surface area contributed by atoms with Crippen LogP contribution in [0.2, 0.25) is 10.0 Å². The van der Waals surface area contributed by atoms with Crippen molar-refractivity contribution < 1.29 is 19.0 Å². The van der Waals surface area contributed by atoms with Gasteiger partial charge >= 0.3 is 5.97 Å². The van der Waals surface area contributed by atoms with Crippen LogP contribution in [0.3, 0.4) is 0 Å². The van der Waals surface area contributed by atoms with Crippen molar-refractivity contribution in [3.05, 3.63) is 101 Å². The first-order valence-corrected chi connectivity index (χ1v) is 13.5. The van der Waals surface area contributed by atoms with Gasteiger partial charge in [0.2, 0.25) is 0 Å². The average molecular weight is 573 g/mol. The van der Waals surface area contributed by atoms with Crippen LogP contribution in [0, 0.1) is 0 Å². The molecule has 0 aliphatic carbocycles. The number of nitrogens with zero attached hydrogens (tertiary/aromatic N) is 2. The summed E-state index contributed by atoms with van der Waals surface area (Å²) in [6.07, 6.45) is 3.28. The van der Waals surface area contributed by atoms with Gasteiger partial charge in [-0.05, 0) is 62.2 Å². The van der Waals surface area contributed by atoms with Gasteiger partial charge in [0.05, 0.1) is 45.1 Å². The molecule has 1 aliphatic rings. The number of fused-ring (bicyclic) bond motifs is 1. The summed E-state index contributed by atoms with van der Waals surface area (Å²) in [7, 11) is 0. The second-order valence-electron chi connectivity index (χ2n) is 8.22. The molecule has 0 bridgehead atoms. The molecule has 2 aromatic carbocycles. The average Bonchev–Trinajstić information content (AvgIpc) is 3.17. The van der Waals surface area contributed by atoms with E-state index in [0.29, 0.717) is 54.3 Å². The Balaban J connectivity index is 1.87. The Labute approximate surface area is 233 Å². The standard InChI is InChI=1S/C28H26Cl2N2O5S/c1-5-12-37-25-20(29)13-17(14-21(25)30)15-22-26(33)32-24(18-8-10-19(11-9-18)35-6-2)23(27(34)36-7-3)16(4)31-28(32)38-22/h5,8-11,13-15,24H,1,6-7,12H2,2-4H3/b22-15-/t24-/m1/s1. The highest BCUT2D eigenvalue weighted by atomic mass is 35.5. The molecule has 4 rings (SSSR count). The first kappa shape index (κ1) is 27.7. The Bertz CT molecular complexity index is 1570. The maximum atomic E-state index is 13.8. The largest absolute Gasteiger partial charge is 0.494 e. The highest BCUT2D eigenvalue weighted by molar-refractivity contribution is 7.07. The summed E-state index contributed by atoms with van der Waals surface area (Å²) in [5.74, 6) is 0.518. The zero-order valence-corrected chi connectivity index (χ0v) is 23.5. The summed E-state index contributed by atoms with van der Waals surface area (Å²) in [6, 6.07) is 9.93. The van der Waals surface area contributed by atoms with Gasteiger partial charge in [0, 0.05) is 0 Å². The van der Waals surface area contributed by atoms with Crippen molar-refractivity contribution >= 4 is 46.6 Å². The molecule has 38 heavy (non-hydrogen) atoms. The van der Waals surface area contributed by atoms with Gasteiger partial charge in [0.25, 0.3) is 5.56 Å². The molecule has 0 saturated carbocycles. The minimum atomic E-state index is -0.718. The molecule has 0 amide bonds. The van der Waals surface area contributed by atoms with Crippen molar-refractivity contribution in [2.24, 2.45) is 4.99 Å².